The molecule has 28 heteroatoms. The highest BCUT2D eigenvalue weighted by Gasteiger charge is 2.57. The van der Waals surface area contributed by atoms with Gasteiger partial charge in [0.2, 0.25) is 5.91 Å². The predicted molar refractivity (Wildman–Crippen MR) is 269 cm³/mol. The van der Waals surface area contributed by atoms with Gasteiger partial charge in [0.15, 0.2) is 0 Å². The van der Waals surface area contributed by atoms with Crippen molar-refractivity contribution in [3.8, 4) is 23.0 Å². The minimum absolute atomic E-state index is 0.173. The van der Waals surface area contributed by atoms with Crippen molar-refractivity contribution in [2.75, 3.05) is 52.0 Å². The van der Waals surface area contributed by atoms with Gasteiger partial charge in [0.25, 0.3) is 5.91 Å². The number of aliphatic hydroxyl groups excluding tert-OH is 1. The van der Waals surface area contributed by atoms with Crippen molar-refractivity contribution in [1.82, 2.24) is 46.0 Å². The van der Waals surface area contributed by atoms with E-state index in [1.807, 2.05) is 22.9 Å². The third-order valence-corrected chi connectivity index (χ3v) is 14.8. The number of aliphatic hydroxyl groups is 1. The summed E-state index contributed by atoms with van der Waals surface area (Å²) in [5.74, 6) is 0.852. The van der Waals surface area contributed by atoms with E-state index in [-0.39, 0.29) is 21.4 Å². The molecule has 4 amide bonds. The maximum atomic E-state index is 16.1. The third-order valence-electron chi connectivity index (χ3n) is 14.8. The normalized spacial score (nSPS) is 18.5. The first-order valence-electron chi connectivity index (χ1n) is 25.3. The summed E-state index contributed by atoms with van der Waals surface area (Å²) in [4.78, 5) is 62.5. The van der Waals surface area contributed by atoms with Crippen LogP contribution in [0.5, 0.6) is 0 Å². The van der Waals surface area contributed by atoms with Crippen molar-refractivity contribution in [3.63, 3.8) is 0 Å². The highest BCUT2D eigenvalue weighted by molar-refractivity contribution is 5.87. The molecule has 0 spiro atoms. The van der Waals surface area contributed by atoms with E-state index in [9.17, 15) is 59.4 Å². The Morgan fingerprint density at radius 1 is 0.765 bits per heavy atom. The van der Waals surface area contributed by atoms with Crippen molar-refractivity contribution < 1.29 is 82.4 Å². The van der Waals surface area contributed by atoms with E-state index < -0.39 is 115 Å². The van der Waals surface area contributed by atoms with Crippen LogP contribution in [0.25, 0.3) is 11.1 Å². The number of methoxy groups -OCH3 is 2. The molecule has 2 aromatic carbocycles. The van der Waals surface area contributed by atoms with Gasteiger partial charge in [-0.15, -0.1) is 0 Å². The second kappa shape index (κ2) is 24.9. The first-order valence-corrected chi connectivity index (χ1v) is 25.3. The molecule has 0 radical (unpaired) electrons. The number of piperazine rings is 1. The zero-order valence-electron chi connectivity index (χ0n) is 44.6. The standard InChI is InChI=1S/C53H60F10N10O8/c1-50(2,52(58,59)60)43(67-48(77)79-5)45(75)66-40(17-30-10-7-29(8-11-30)9-12-31-13-16-42(64-20-31)73-34-14-15-35(73)24-70(23-34)36-27-81-28-36)41(74)26-71(69-46(76)44(68-49(78)80-6)51(3,4)53(61,62)63)25-37-38(54)18-32(19-39(37)55)33-21-65-72(22-33)47(56)57/h7-8,10-11,13,16,18-22,34-36,40-41,43-44,47,74H,14-15,17,23-28H2,1-6H3,(H,66,75)(H,67,77)(H,68,78)(H,69,76)/t34?,35?,40-,41-,43+,44+/m0/s1. The number of pyridine rings is 1. The van der Waals surface area contributed by atoms with Gasteiger partial charge in [-0.25, -0.2) is 33.0 Å². The monoisotopic (exact) mass is 1150 g/mol. The summed E-state index contributed by atoms with van der Waals surface area (Å²) in [5.41, 5.74) is -4.21. The van der Waals surface area contributed by atoms with Crippen LogP contribution in [-0.2, 0) is 36.8 Å². The Balaban J connectivity index is 1.19. The molecule has 7 rings (SSSR count). The number of benzene rings is 2. The number of aromatic nitrogens is 3. The van der Waals surface area contributed by atoms with Crippen molar-refractivity contribution >= 4 is 29.8 Å². The number of rotatable bonds is 19. The van der Waals surface area contributed by atoms with Gasteiger partial charge in [-0.1, -0.05) is 24.0 Å². The molecule has 0 saturated carbocycles. The van der Waals surface area contributed by atoms with Crippen LogP contribution in [0.15, 0.2) is 67.1 Å². The summed E-state index contributed by atoms with van der Waals surface area (Å²) in [6.45, 7) is 0.205. The van der Waals surface area contributed by atoms with E-state index in [0.717, 1.165) is 71.6 Å². The largest absolute Gasteiger partial charge is 0.453 e. The molecule has 2 aromatic heterocycles. The number of alkyl carbamates (subject to hydrolysis) is 2. The minimum Gasteiger partial charge on any atom is -0.453 e. The van der Waals surface area contributed by atoms with Crippen LogP contribution in [0.1, 0.15) is 69.3 Å². The molecular weight excluding hydrogens is 1090 g/mol. The van der Waals surface area contributed by atoms with Crippen LogP contribution in [0.4, 0.5) is 59.3 Å². The first kappa shape index (κ1) is 61.4. The number of nitrogens with zero attached hydrogens (tertiary/aromatic N) is 6. The molecular formula is C53H60F10N10O8. The maximum absolute atomic E-state index is 16.1. The summed E-state index contributed by atoms with van der Waals surface area (Å²) in [6.07, 6.45) is -10.6. The van der Waals surface area contributed by atoms with Crippen molar-refractivity contribution in [1.29, 1.82) is 0 Å². The van der Waals surface area contributed by atoms with E-state index >= 15 is 8.78 Å². The number of ether oxygens (including phenoxy) is 3. The number of hydrogen-bond donors (Lipinski definition) is 5. The number of likely N-dealkylation sites (tertiary alicyclic amines) is 1. The fourth-order valence-corrected chi connectivity index (χ4v) is 9.58. The van der Waals surface area contributed by atoms with Gasteiger partial charge in [-0.2, -0.15) is 40.2 Å². The highest BCUT2D eigenvalue weighted by Crippen LogP contribution is 2.42. The number of nitrogens with one attached hydrogen (secondary N) is 4. The van der Waals surface area contributed by atoms with E-state index in [1.54, 1.807) is 23.6 Å². The fraction of sp³-hybridized carbons (Fsp3) is 0.509. The highest BCUT2D eigenvalue weighted by atomic mass is 19.4. The molecule has 18 nitrogen and oxygen atoms in total. The molecule has 2 unspecified atom stereocenters. The second-order valence-electron chi connectivity index (χ2n) is 21.0. The SMILES string of the molecule is COC(=O)N[C@H](C(=O)N[C@@H](Cc1ccc(C#Cc2ccc(N3C4CCC3CN(C3COC3)C4)nc2)cc1)[C@@H](O)CN(Cc1c(F)cc(-c2cnn(C(F)F)c2)cc1F)NC(=O)[C@@H](NC(=O)OC)C(C)(C)C(F)(F)F)C(C)(C)C(F)(F)F. The van der Waals surface area contributed by atoms with Gasteiger partial charge in [-0.3, -0.25) is 19.9 Å². The number of hydrogen-bond acceptors (Lipinski definition) is 13. The Morgan fingerprint density at radius 2 is 1.31 bits per heavy atom. The van der Waals surface area contributed by atoms with Gasteiger partial charge in [0.1, 0.15) is 29.5 Å². The Bertz CT molecular complexity index is 2910. The van der Waals surface area contributed by atoms with Crippen molar-refractivity contribution in [2.24, 2.45) is 10.8 Å². The van der Waals surface area contributed by atoms with Crippen LogP contribution in [0, 0.1) is 34.3 Å². The Morgan fingerprint density at radius 3 is 1.79 bits per heavy atom. The van der Waals surface area contributed by atoms with Gasteiger partial charge >= 0.3 is 31.1 Å². The van der Waals surface area contributed by atoms with Gasteiger partial charge < -0.3 is 40.2 Å². The lowest BCUT2D eigenvalue weighted by Crippen LogP contribution is -2.63. The van der Waals surface area contributed by atoms with Gasteiger partial charge in [-0.05, 0) is 94.5 Å². The number of fused-ring (bicyclic) bond motifs is 2. The molecule has 3 aliphatic heterocycles. The van der Waals surface area contributed by atoms with Crippen LogP contribution >= 0.6 is 0 Å². The van der Waals surface area contributed by atoms with E-state index in [0.29, 0.717) is 74.1 Å². The first-order chi connectivity index (χ1) is 38.0. The number of alkyl halides is 8. The molecule has 3 aliphatic rings. The van der Waals surface area contributed by atoms with Crippen molar-refractivity contribution in [3.05, 3.63) is 101 Å². The second-order valence-corrected chi connectivity index (χ2v) is 21.0. The van der Waals surface area contributed by atoms with E-state index in [1.165, 1.54) is 12.1 Å². The number of carbonyl (C=O) groups is 4. The lowest BCUT2D eigenvalue weighted by Gasteiger charge is -2.47. The molecule has 4 aromatic rings. The van der Waals surface area contributed by atoms with Crippen LogP contribution in [-0.4, -0.2) is 156 Å². The molecule has 2 bridgehead atoms. The molecule has 81 heavy (non-hydrogen) atoms. The molecule has 0 aliphatic carbocycles. The quantitative estimate of drug-likeness (QED) is 0.0381. The zero-order valence-corrected chi connectivity index (χ0v) is 44.6. The predicted octanol–water partition coefficient (Wildman–Crippen LogP) is 6.62. The minimum atomic E-state index is -5.23. The third kappa shape index (κ3) is 14.3. The number of amides is 4. The lowest BCUT2D eigenvalue weighted by atomic mass is 9.82. The molecule has 440 valence electrons. The summed E-state index contributed by atoms with van der Waals surface area (Å²) in [7, 11) is 1.61. The Hall–Kier alpha value is -7.22. The van der Waals surface area contributed by atoms with Crippen LogP contribution in [0.2, 0.25) is 0 Å². The Kier molecular flexibility index (Phi) is 18.9. The van der Waals surface area contributed by atoms with Crippen LogP contribution in [0.3, 0.4) is 0 Å². The van der Waals surface area contributed by atoms with Gasteiger partial charge in [0.05, 0.1) is 62.6 Å². The number of carbonyl (C=O) groups excluding carboxylic acids is 4. The summed E-state index contributed by atoms with van der Waals surface area (Å²) in [5, 5.41) is 22.0. The zero-order chi connectivity index (χ0) is 59.4. The molecule has 5 N–H and O–H groups in total. The Labute approximate surface area is 458 Å². The average molecular weight is 1160 g/mol. The van der Waals surface area contributed by atoms with Gasteiger partial charge in [0, 0.05) is 72.9 Å². The van der Waals surface area contributed by atoms with Crippen LogP contribution < -0.4 is 26.3 Å². The fourth-order valence-electron chi connectivity index (χ4n) is 9.58. The topological polar surface area (TPSA) is 205 Å². The number of hydrazine groups is 1. The molecule has 3 saturated heterocycles. The molecule has 3 fully saturated rings. The van der Waals surface area contributed by atoms with Crippen molar-refractivity contribution in [2.45, 2.75) is 115 Å². The maximum Gasteiger partial charge on any atom is 0.407 e. The number of halogens is 10. The lowest BCUT2D eigenvalue weighted by molar-refractivity contribution is -0.221. The summed E-state index contributed by atoms with van der Waals surface area (Å²) < 4.78 is 161. The van der Waals surface area contributed by atoms with E-state index in [2.05, 4.69) is 41.5 Å². The van der Waals surface area contributed by atoms with E-state index in [4.69, 9.17) is 9.72 Å². The molecule has 5 heterocycles. The number of anilines is 1. The smallest absolute Gasteiger partial charge is 0.407 e. The average Bonchev–Trinajstić information content (AvgIpc) is 4.26. The molecule has 6 atom stereocenters. The summed E-state index contributed by atoms with van der Waals surface area (Å²) >= 11 is 0. The summed E-state index contributed by atoms with van der Waals surface area (Å²) in [6, 6.07) is 5.50.